The van der Waals surface area contributed by atoms with Crippen molar-refractivity contribution in [2.75, 3.05) is 33.3 Å². The van der Waals surface area contributed by atoms with Gasteiger partial charge in [-0.15, -0.1) is 0 Å². The summed E-state index contributed by atoms with van der Waals surface area (Å²) in [7, 11) is 2.07. The molecule has 2 rings (SSSR count). The predicted molar refractivity (Wildman–Crippen MR) is 80.0 cm³/mol. The zero-order chi connectivity index (χ0) is 14.4. The van der Waals surface area contributed by atoms with Gasteiger partial charge in [0.25, 0.3) is 5.91 Å². The van der Waals surface area contributed by atoms with Gasteiger partial charge in [0, 0.05) is 25.2 Å². The second kappa shape index (κ2) is 7.41. The van der Waals surface area contributed by atoms with E-state index in [4.69, 9.17) is 4.74 Å². The number of benzene rings is 1. The molecule has 1 N–H and O–H groups in total. The number of nitrogens with one attached hydrogen (secondary N) is 1. The van der Waals surface area contributed by atoms with E-state index in [1.807, 2.05) is 24.3 Å². The van der Waals surface area contributed by atoms with Crippen molar-refractivity contribution in [3.05, 3.63) is 35.4 Å². The summed E-state index contributed by atoms with van der Waals surface area (Å²) in [5, 5.41) is 2.95. The smallest absolute Gasteiger partial charge is 0.251 e. The number of hydrogen-bond donors (Lipinski definition) is 1. The monoisotopic (exact) mass is 276 g/mol. The van der Waals surface area contributed by atoms with Crippen molar-refractivity contribution >= 4 is 5.91 Å². The topological polar surface area (TPSA) is 41.6 Å². The Morgan fingerprint density at radius 3 is 2.80 bits per heavy atom. The molecular weight excluding hydrogens is 252 g/mol. The molecule has 1 aliphatic rings. The van der Waals surface area contributed by atoms with Crippen molar-refractivity contribution in [2.24, 2.45) is 0 Å². The lowest BCUT2D eigenvalue weighted by Gasteiger charge is -2.30. The van der Waals surface area contributed by atoms with Crippen LogP contribution in [0.4, 0.5) is 0 Å². The average molecular weight is 276 g/mol. The molecule has 1 aliphatic heterocycles. The van der Waals surface area contributed by atoms with E-state index in [0.717, 1.165) is 32.5 Å². The SMILES string of the molecule is CCCc1ccc(C(=O)NC[C@@H]2CN(C)CCO2)cc1. The highest BCUT2D eigenvalue weighted by molar-refractivity contribution is 5.94. The van der Waals surface area contributed by atoms with Gasteiger partial charge in [0.15, 0.2) is 0 Å². The molecule has 0 radical (unpaired) electrons. The molecule has 0 aliphatic carbocycles. The molecule has 110 valence electrons. The van der Waals surface area contributed by atoms with E-state index in [0.29, 0.717) is 12.1 Å². The maximum Gasteiger partial charge on any atom is 0.251 e. The fourth-order valence-corrected chi connectivity index (χ4v) is 2.41. The Bertz CT molecular complexity index is 431. The minimum Gasteiger partial charge on any atom is -0.374 e. The van der Waals surface area contributed by atoms with Crippen molar-refractivity contribution in [3.8, 4) is 0 Å². The lowest BCUT2D eigenvalue weighted by Crippen LogP contribution is -2.45. The highest BCUT2D eigenvalue weighted by atomic mass is 16.5. The number of carbonyl (C=O) groups is 1. The van der Waals surface area contributed by atoms with Crippen molar-refractivity contribution in [1.82, 2.24) is 10.2 Å². The summed E-state index contributed by atoms with van der Waals surface area (Å²) in [4.78, 5) is 14.3. The van der Waals surface area contributed by atoms with Crippen LogP contribution in [0.1, 0.15) is 29.3 Å². The van der Waals surface area contributed by atoms with E-state index in [1.165, 1.54) is 5.56 Å². The molecule has 0 unspecified atom stereocenters. The Labute approximate surface area is 121 Å². The van der Waals surface area contributed by atoms with Crippen LogP contribution in [-0.4, -0.2) is 50.2 Å². The standard InChI is InChI=1S/C16H24N2O2/c1-3-4-13-5-7-14(8-6-13)16(19)17-11-15-12-18(2)9-10-20-15/h5-8,15H,3-4,9-12H2,1-2H3,(H,17,19)/t15-/m1/s1. The summed E-state index contributed by atoms with van der Waals surface area (Å²) in [6.45, 7) is 5.30. The van der Waals surface area contributed by atoms with Crippen LogP contribution in [-0.2, 0) is 11.2 Å². The van der Waals surface area contributed by atoms with Crippen molar-refractivity contribution in [3.63, 3.8) is 0 Å². The third-order valence-corrected chi connectivity index (χ3v) is 3.59. The zero-order valence-corrected chi connectivity index (χ0v) is 12.4. The highest BCUT2D eigenvalue weighted by Gasteiger charge is 2.18. The number of hydrogen-bond acceptors (Lipinski definition) is 3. The zero-order valence-electron chi connectivity index (χ0n) is 12.4. The number of rotatable bonds is 5. The van der Waals surface area contributed by atoms with Gasteiger partial charge in [-0.2, -0.15) is 0 Å². The Morgan fingerprint density at radius 2 is 2.15 bits per heavy atom. The van der Waals surface area contributed by atoms with Crippen LogP contribution in [0.25, 0.3) is 0 Å². The van der Waals surface area contributed by atoms with Crippen molar-refractivity contribution in [1.29, 1.82) is 0 Å². The van der Waals surface area contributed by atoms with Crippen LogP contribution < -0.4 is 5.32 Å². The molecule has 1 amide bonds. The third-order valence-electron chi connectivity index (χ3n) is 3.59. The van der Waals surface area contributed by atoms with E-state index < -0.39 is 0 Å². The molecule has 0 aromatic heterocycles. The summed E-state index contributed by atoms with van der Waals surface area (Å²) < 4.78 is 5.63. The number of likely N-dealkylation sites (N-methyl/N-ethyl adjacent to an activating group) is 1. The van der Waals surface area contributed by atoms with Gasteiger partial charge in [-0.3, -0.25) is 4.79 Å². The molecule has 1 aromatic carbocycles. The Balaban J connectivity index is 1.82. The van der Waals surface area contributed by atoms with Gasteiger partial charge in [0.2, 0.25) is 0 Å². The minimum atomic E-state index is -0.0233. The molecule has 20 heavy (non-hydrogen) atoms. The largest absolute Gasteiger partial charge is 0.374 e. The summed E-state index contributed by atoms with van der Waals surface area (Å²) in [5.74, 6) is -0.0233. The van der Waals surface area contributed by atoms with Crippen LogP contribution in [0.15, 0.2) is 24.3 Å². The average Bonchev–Trinajstić information content (AvgIpc) is 2.46. The molecule has 1 fully saturated rings. The fourth-order valence-electron chi connectivity index (χ4n) is 2.41. The van der Waals surface area contributed by atoms with Gasteiger partial charge in [-0.25, -0.2) is 0 Å². The second-order valence-corrected chi connectivity index (χ2v) is 5.41. The molecule has 1 atom stereocenters. The first-order valence-corrected chi connectivity index (χ1v) is 7.36. The minimum absolute atomic E-state index is 0.0233. The molecule has 1 heterocycles. The predicted octanol–water partition coefficient (Wildman–Crippen LogP) is 1.70. The van der Waals surface area contributed by atoms with Crippen LogP contribution in [0.5, 0.6) is 0 Å². The van der Waals surface area contributed by atoms with Gasteiger partial charge in [-0.05, 0) is 31.2 Å². The Kier molecular flexibility index (Phi) is 5.56. The number of morpholine rings is 1. The molecular formula is C16H24N2O2. The summed E-state index contributed by atoms with van der Waals surface area (Å²) in [6.07, 6.45) is 2.28. The fraction of sp³-hybridized carbons (Fsp3) is 0.562. The highest BCUT2D eigenvalue weighted by Crippen LogP contribution is 2.07. The van der Waals surface area contributed by atoms with E-state index in [9.17, 15) is 4.79 Å². The molecule has 1 saturated heterocycles. The van der Waals surface area contributed by atoms with E-state index in [1.54, 1.807) is 0 Å². The molecule has 4 heteroatoms. The van der Waals surface area contributed by atoms with E-state index in [-0.39, 0.29) is 12.0 Å². The van der Waals surface area contributed by atoms with Gasteiger partial charge < -0.3 is 15.0 Å². The van der Waals surface area contributed by atoms with Crippen LogP contribution in [0.2, 0.25) is 0 Å². The molecule has 0 bridgehead atoms. The lowest BCUT2D eigenvalue weighted by atomic mass is 10.1. The van der Waals surface area contributed by atoms with E-state index in [2.05, 4.69) is 24.2 Å². The third kappa shape index (κ3) is 4.32. The lowest BCUT2D eigenvalue weighted by molar-refractivity contribution is -0.0175. The number of amides is 1. The number of aryl methyl sites for hydroxylation is 1. The molecule has 4 nitrogen and oxygen atoms in total. The number of nitrogens with zero attached hydrogens (tertiary/aromatic N) is 1. The first-order chi connectivity index (χ1) is 9.69. The normalized spacial score (nSPS) is 19.8. The van der Waals surface area contributed by atoms with Crippen molar-refractivity contribution < 1.29 is 9.53 Å². The van der Waals surface area contributed by atoms with Crippen LogP contribution in [0.3, 0.4) is 0 Å². The van der Waals surface area contributed by atoms with Crippen LogP contribution >= 0.6 is 0 Å². The van der Waals surface area contributed by atoms with Crippen LogP contribution in [0, 0.1) is 0 Å². The van der Waals surface area contributed by atoms with Gasteiger partial charge in [0.1, 0.15) is 0 Å². The maximum atomic E-state index is 12.1. The van der Waals surface area contributed by atoms with Gasteiger partial charge in [-0.1, -0.05) is 25.5 Å². The first kappa shape index (κ1) is 15.0. The number of carbonyl (C=O) groups excluding carboxylic acids is 1. The molecule has 0 saturated carbocycles. The first-order valence-electron chi connectivity index (χ1n) is 7.36. The van der Waals surface area contributed by atoms with Gasteiger partial charge in [0.05, 0.1) is 12.7 Å². The summed E-state index contributed by atoms with van der Waals surface area (Å²) >= 11 is 0. The summed E-state index contributed by atoms with van der Waals surface area (Å²) in [6, 6.07) is 7.86. The van der Waals surface area contributed by atoms with E-state index >= 15 is 0 Å². The van der Waals surface area contributed by atoms with Crippen molar-refractivity contribution in [2.45, 2.75) is 25.9 Å². The summed E-state index contributed by atoms with van der Waals surface area (Å²) in [5.41, 5.74) is 2.00. The maximum absolute atomic E-state index is 12.1. The van der Waals surface area contributed by atoms with Gasteiger partial charge >= 0.3 is 0 Å². The number of ether oxygens (including phenoxy) is 1. The quantitative estimate of drug-likeness (QED) is 0.890. The Hall–Kier alpha value is -1.39. The molecule has 0 spiro atoms. The second-order valence-electron chi connectivity index (χ2n) is 5.41. The molecule has 1 aromatic rings. The Morgan fingerprint density at radius 1 is 1.40 bits per heavy atom.